The van der Waals surface area contributed by atoms with E-state index in [1.807, 2.05) is 13.8 Å². The first-order valence-electron chi connectivity index (χ1n) is 6.02. The van der Waals surface area contributed by atoms with Gasteiger partial charge in [0.25, 0.3) is 0 Å². The number of hydrogen-bond acceptors (Lipinski definition) is 4. The lowest BCUT2D eigenvalue weighted by molar-refractivity contribution is -0.122. The van der Waals surface area contributed by atoms with Gasteiger partial charge in [-0.25, -0.2) is 0 Å². The van der Waals surface area contributed by atoms with Crippen molar-refractivity contribution in [1.82, 2.24) is 0 Å². The van der Waals surface area contributed by atoms with E-state index in [4.69, 9.17) is 16.6 Å². The summed E-state index contributed by atoms with van der Waals surface area (Å²) in [6, 6.07) is 3.52. The molecular weight excluding hydrogens is 230 g/mol. The Bertz CT molecular complexity index is 497. The lowest BCUT2D eigenvalue weighted by atomic mass is 9.86. The molecule has 0 aliphatic carbocycles. The minimum Gasteiger partial charge on any atom is -0.397 e. The van der Waals surface area contributed by atoms with E-state index in [1.165, 1.54) is 0 Å². The van der Waals surface area contributed by atoms with E-state index >= 15 is 0 Å². The Hall–Kier alpha value is -1.75. The highest BCUT2D eigenvalue weighted by atomic mass is 16.3. The van der Waals surface area contributed by atoms with Crippen LogP contribution in [0, 0.1) is 0 Å². The number of aliphatic hydroxyl groups excluding tert-OH is 1. The lowest BCUT2D eigenvalue weighted by Crippen LogP contribution is -2.37. The molecule has 1 aliphatic rings. The highest BCUT2D eigenvalue weighted by Crippen LogP contribution is 2.44. The lowest BCUT2D eigenvalue weighted by Gasteiger charge is -2.19. The fraction of sp³-hybridized carbons (Fsp3) is 0.462. The van der Waals surface area contributed by atoms with E-state index in [-0.39, 0.29) is 12.5 Å². The summed E-state index contributed by atoms with van der Waals surface area (Å²) < 4.78 is 0. The Morgan fingerprint density at radius 2 is 1.89 bits per heavy atom. The molecule has 1 aromatic rings. The number of carbonyl (C=O) groups excluding carboxylic acids is 1. The second kappa shape index (κ2) is 4.17. The van der Waals surface area contributed by atoms with Gasteiger partial charge >= 0.3 is 0 Å². The average molecular weight is 249 g/mol. The Balaban J connectivity index is 2.51. The van der Waals surface area contributed by atoms with Crippen LogP contribution in [0.1, 0.15) is 25.8 Å². The number of amides is 1. The van der Waals surface area contributed by atoms with E-state index in [1.54, 1.807) is 17.0 Å². The molecule has 0 spiro atoms. The van der Waals surface area contributed by atoms with Gasteiger partial charge in [-0.15, -0.1) is 0 Å². The van der Waals surface area contributed by atoms with Gasteiger partial charge in [-0.3, -0.25) is 4.79 Å². The summed E-state index contributed by atoms with van der Waals surface area (Å²) in [6.45, 7) is 4.31. The maximum Gasteiger partial charge on any atom is 0.237 e. The molecule has 5 heteroatoms. The molecule has 0 unspecified atom stereocenters. The van der Waals surface area contributed by atoms with Crippen molar-refractivity contribution in [3.63, 3.8) is 0 Å². The van der Waals surface area contributed by atoms with Crippen LogP contribution in [0.4, 0.5) is 17.1 Å². The molecule has 2 rings (SSSR count). The van der Waals surface area contributed by atoms with Crippen LogP contribution in [-0.4, -0.2) is 24.2 Å². The summed E-state index contributed by atoms with van der Waals surface area (Å²) in [5.74, 6) is 0.0240. The zero-order valence-corrected chi connectivity index (χ0v) is 10.7. The van der Waals surface area contributed by atoms with Crippen LogP contribution >= 0.6 is 0 Å². The molecule has 18 heavy (non-hydrogen) atoms. The van der Waals surface area contributed by atoms with Crippen molar-refractivity contribution in [3.05, 3.63) is 17.7 Å². The third-order valence-electron chi connectivity index (χ3n) is 3.49. The van der Waals surface area contributed by atoms with Crippen molar-refractivity contribution < 1.29 is 9.90 Å². The van der Waals surface area contributed by atoms with Crippen molar-refractivity contribution >= 4 is 23.0 Å². The summed E-state index contributed by atoms with van der Waals surface area (Å²) in [5.41, 5.74) is 13.7. The number of nitrogens with zero attached hydrogens (tertiary/aromatic N) is 1. The fourth-order valence-electron chi connectivity index (χ4n) is 2.36. The average Bonchev–Trinajstić information content (AvgIpc) is 2.48. The summed E-state index contributed by atoms with van der Waals surface area (Å²) in [4.78, 5) is 14.1. The van der Waals surface area contributed by atoms with E-state index in [9.17, 15) is 4.79 Å². The highest BCUT2D eigenvalue weighted by molar-refractivity contribution is 6.08. The van der Waals surface area contributed by atoms with E-state index in [2.05, 4.69) is 0 Å². The quantitative estimate of drug-likeness (QED) is 0.693. The SMILES string of the molecule is CC1(C)C(=O)N(CCCO)c2cc(N)c(N)cc21. The molecule has 0 bridgehead atoms. The summed E-state index contributed by atoms with van der Waals surface area (Å²) in [7, 11) is 0. The fourth-order valence-corrected chi connectivity index (χ4v) is 2.36. The molecule has 0 saturated carbocycles. The van der Waals surface area contributed by atoms with Crippen molar-refractivity contribution in [2.45, 2.75) is 25.7 Å². The van der Waals surface area contributed by atoms with E-state index < -0.39 is 5.41 Å². The third kappa shape index (κ3) is 1.71. The minimum absolute atomic E-state index is 0.0240. The van der Waals surface area contributed by atoms with Gasteiger partial charge in [0.15, 0.2) is 0 Å². The number of nitrogens with two attached hydrogens (primary N) is 2. The van der Waals surface area contributed by atoms with Crippen LogP contribution in [0.5, 0.6) is 0 Å². The maximum atomic E-state index is 12.4. The number of anilines is 3. The molecule has 0 atom stereocenters. The summed E-state index contributed by atoms with van der Waals surface area (Å²) >= 11 is 0. The van der Waals surface area contributed by atoms with Crippen molar-refractivity contribution in [3.8, 4) is 0 Å². The van der Waals surface area contributed by atoms with Crippen molar-refractivity contribution in [1.29, 1.82) is 0 Å². The number of aliphatic hydroxyl groups is 1. The Labute approximate surface area is 106 Å². The van der Waals surface area contributed by atoms with Gasteiger partial charge < -0.3 is 21.5 Å². The summed E-state index contributed by atoms with van der Waals surface area (Å²) in [5, 5.41) is 8.91. The Kier molecular flexibility index (Phi) is 2.94. The molecule has 1 heterocycles. The van der Waals surface area contributed by atoms with Gasteiger partial charge in [0.05, 0.1) is 22.5 Å². The topological polar surface area (TPSA) is 92.6 Å². The molecular formula is C13H19N3O2. The van der Waals surface area contributed by atoms with Crippen molar-refractivity contribution in [2.24, 2.45) is 0 Å². The second-order valence-corrected chi connectivity index (χ2v) is 5.16. The van der Waals surface area contributed by atoms with Crippen LogP contribution in [-0.2, 0) is 10.2 Å². The van der Waals surface area contributed by atoms with Gasteiger partial charge in [-0.2, -0.15) is 0 Å². The van der Waals surface area contributed by atoms with Gasteiger partial charge in [0.1, 0.15) is 0 Å². The molecule has 1 aliphatic heterocycles. The number of carbonyl (C=O) groups is 1. The maximum absolute atomic E-state index is 12.4. The number of hydrogen-bond donors (Lipinski definition) is 3. The highest BCUT2D eigenvalue weighted by Gasteiger charge is 2.43. The molecule has 0 fully saturated rings. The van der Waals surface area contributed by atoms with Gasteiger partial charge in [0, 0.05) is 13.2 Å². The molecule has 5 N–H and O–H groups in total. The zero-order chi connectivity index (χ0) is 13.5. The number of fused-ring (bicyclic) bond motifs is 1. The van der Waals surface area contributed by atoms with Gasteiger partial charge in [-0.1, -0.05) is 0 Å². The molecule has 98 valence electrons. The predicted octanol–water partition coefficient (Wildman–Crippen LogP) is 0.858. The standard InChI is InChI=1S/C13H19N3O2/c1-13(2)8-6-9(14)10(15)7-11(8)16(12(13)18)4-3-5-17/h6-7,17H,3-5,14-15H2,1-2H3. The summed E-state index contributed by atoms with van der Waals surface area (Å²) in [6.07, 6.45) is 0.547. The largest absolute Gasteiger partial charge is 0.397 e. The van der Waals surface area contributed by atoms with Crippen LogP contribution in [0.2, 0.25) is 0 Å². The van der Waals surface area contributed by atoms with Crippen LogP contribution in [0.3, 0.4) is 0 Å². The first-order chi connectivity index (χ1) is 8.39. The number of benzene rings is 1. The van der Waals surface area contributed by atoms with Gasteiger partial charge in [0.2, 0.25) is 5.91 Å². The van der Waals surface area contributed by atoms with Gasteiger partial charge in [-0.05, 0) is 38.0 Å². The van der Waals surface area contributed by atoms with E-state index in [0.29, 0.717) is 24.3 Å². The van der Waals surface area contributed by atoms with Crippen LogP contribution in [0.15, 0.2) is 12.1 Å². The first-order valence-corrected chi connectivity index (χ1v) is 6.02. The predicted molar refractivity (Wildman–Crippen MR) is 72.3 cm³/mol. The Morgan fingerprint density at radius 1 is 1.28 bits per heavy atom. The molecule has 1 amide bonds. The smallest absolute Gasteiger partial charge is 0.237 e. The zero-order valence-electron chi connectivity index (χ0n) is 10.7. The number of rotatable bonds is 3. The first kappa shape index (κ1) is 12.7. The third-order valence-corrected chi connectivity index (χ3v) is 3.49. The van der Waals surface area contributed by atoms with Crippen molar-refractivity contribution in [2.75, 3.05) is 29.5 Å². The van der Waals surface area contributed by atoms with E-state index in [0.717, 1.165) is 11.3 Å². The van der Waals surface area contributed by atoms with Crippen LogP contribution in [0.25, 0.3) is 0 Å². The van der Waals surface area contributed by atoms with Crippen LogP contribution < -0.4 is 16.4 Å². The molecule has 0 saturated heterocycles. The minimum atomic E-state index is -0.591. The normalized spacial score (nSPS) is 17.1. The molecule has 5 nitrogen and oxygen atoms in total. The monoisotopic (exact) mass is 249 g/mol. The molecule has 0 radical (unpaired) electrons. The second-order valence-electron chi connectivity index (χ2n) is 5.16. The molecule has 1 aromatic carbocycles. The Morgan fingerprint density at radius 3 is 2.50 bits per heavy atom. The molecule has 0 aromatic heterocycles. The number of nitrogen functional groups attached to an aromatic ring is 2.